The molecule has 2 heterocycles. The number of carboxylic acids is 1. The molecule has 1 N–H and O–H groups in total. The van der Waals surface area contributed by atoms with Gasteiger partial charge in [-0.25, -0.2) is 4.79 Å². The monoisotopic (exact) mass is 291 g/mol. The fourth-order valence-corrected chi connectivity index (χ4v) is 2.89. The topological polar surface area (TPSA) is 70.8 Å². The Labute approximate surface area is 124 Å². The van der Waals surface area contributed by atoms with E-state index in [1.165, 1.54) is 11.0 Å². The van der Waals surface area contributed by atoms with Gasteiger partial charge in [-0.2, -0.15) is 0 Å². The van der Waals surface area contributed by atoms with Crippen LogP contribution in [0.1, 0.15) is 38.2 Å². The van der Waals surface area contributed by atoms with Crippen molar-refractivity contribution in [2.24, 2.45) is 5.41 Å². The summed E-state index contributed by atoms with van der Waals surface area (Å²) in [6.45, 7) is 6.09. The lowest BCUT2D eigenvalue weighted by Crippen LogP contribution is -2.55. The maximum atomic E-state index is 12.3. The van der Waals surface area contributed by atoms with E-state index in [1.54, 1.807) is 12.1 Å². The van der Waals surface area contributed by atoms with Crippen LogP contribution in [0.25, 0.3) is 6.08 Å². The minimum Gasteiger partial charge on any atom is -0.480 e. The molecule has 2 rings (SSSR count). The number of likely N-dealkylation sites (tertiary alicyclic amines) is 1. The zero-order valence-corrected chi connectivity index (χ0v) is 12.6. The molecule has 1 fully saturated rings. The van der Waals surface area contributed by atoms with Gasteiger partial charge in [-0.3, -0.25) is 4.79 Å². The zero-order valence-electron chi connectivity index (χ0n) is 12.6. The van der Waals surface area contributed by atoms with Crippen molar-refractivity contribution in [2.45, 2.75) is 39.7 Å². The first kappa shape index (κ1) is 15.4. The molecule has 1 amide bonds. The van der Waals surface area contributed by atoms with Crippen LogP contribution in [0.4, 0.5) is 0 Å². The number of carbonyl (C=O) groups excluding carboxylic acids is 1. The van der Waals surface area contributed by atoms with E-state index in [0.717, 1.165) is 18.6 Å². The molecule has 5 nitrogen and oxygen atoms in total. The van der Waals surface area contributed by atoms with Crippen molar-refractivity contribution in [1.82, 2.24) is 4.90 Å². The molecule has 0 bridgehead atoms. The smallest absolute Gasteiger partial charge is 0.326 e. The largest absolute Gasteiger partial charge is 0.480 e. The second kappa shape index (κ2) is 5.76. The standard InChI is InChI=1S/C16H21NO4/c1-11-5-6-12(21-11)7-8-13(18)17-10-4-9-16(2,3)14(17)15(19)20/h5-8,14H,4,9-10H2,1-3H3,(H,19,20)/b8-7+. The molecule has 0 aromatic carbocycles. The molecule has 1 unspecified atom stereocenters. The normalized spacial score (nSPS) is 21.7. The second-order valence-electron chi connectivity index (χ2n) is 6.15. The van der Waals surface area contributed by atoms with Crippen LogP contribution >= 0.6 is 0 Å². The number of carbonyl (C=O) groups is 2. The number of hydrogen-bond acceptors (Lipinski definition) is 3. The number of aryl methyl sites for hydroxylation is 1. The number of aliphatic carboxylic acids is 1. The minimum absolute atomic E-state index is 0.288. The number of carboxylic acid groups (broad SMARTS) is 1. The van der Waals surface area contributed by atoms with Gasteiger partial charge in [0, 0.05) is 12.6 Å². The van der Waals surface area contributed by atoms with E-state index in [-0.39, 0.29) is 5.91 Å². The maximum absolute atomic E-state index is 12.3. The quantitative estimate of drug-likeness (QED) is 0.869. The fraction of sp³-hybridized carbons (Fsp3) is 0.500. The summed E-state index contributed by atoms with van der Waals surface area (Å²) in [5.74, 6) is 0.119. The maximum Gasteiger partial charge on any atom is 0.326 e. The average Bonchev–Trinajstić information content (AvgIpc) is 2.79. The summed E-state index contributed by atoms with van der Waals surface area (Å²) in [5.41, 5.74) is -0.422. The van der Waals surface area contributed by atoms with Gasteiger partial charge < -0.3 is 14.4 Å². The Morgan fingerprint density at radius 1 is 1.43 bits per heavy atom. The Hall–Kier alpha value is -2.04. The molecule has 0 radical (unpaired) electrons. The van der Waals surface area contributed by atoms with Gasteiger partial charge in [-0.1, -0.05) is 13.8 Å². The van der Waals surface area contributed by atoms with Gasteiger partial charge in [0.1, 0.15) is 17.6 Å². The van der Waals surface area contributed by atoms with Crippen LogP contribution < -0.4 is 0 Å². The van der Waals surface area contributed by atoms with Crippen molar-refractivity contribution in [3.8, 4) is 0 Å². The molecule has 0 spiro atoms. The Kier molecular flexibility index (Phi) is 4.21. The summed E-state index contributed by atoms with van der Waals surface area (Å²) < 4.78 is 5.36. The van der Waals surface area contributed by atoms with Gasteiger partial charge in [0.05, 0.1) is 0 Å². The number of rotatable bonds is 3. The second-order valence-corrected chi connectivity index (χ2v) is 6.15. The Bertz CT molecular complexity index is 571. The first-order chi connectivity index (χ1) is 9.81. The number of nitrogens with zero attached hydrogens (tertiary/aromatic N) is 1. The van der Waals surface area contributed by atoms with E-state index in [0.29, 0.717) is 12.3 Å². The number of furan rings is 1. The van der Waals surface area contributed by atoms with Crippen LogP contribution in [0.5, 0.6) is 0 Å². The van der Waals surface area contributed by atoms with E-state index in [4.69, 9.17) is 4.42 Å². The van der Waals surface area contributed by atoms with Crippen LogP contribution in [-0.4, -0.2) is 34.5 Å². The lowest BCUT2D eigenvalue weighted by molar-refractivity contribution is -0.156. The molecule has 1 aliphatic rings. The Morgan fingerprint density at radius 2 is 2.14 bits per heavy atom. The van der Waals surface area contributed by atoms with Gasteiger partial charge in [-0.05, 0) is 43.4 Å². The summed E-state index contributed by atoms with van der Waals surface area (Å²) in [6.07, 6.45) is 4.58. The van der Waals surface area contributed by atoms with E-state index in [2.05, 4.69) is 0 Å². The summed E-state index contributed by atoms with van der Waals surface area (Å²) in [4.78, 5) is 25.3. The van der Waals surface area contributed by atoms with Crippen LogP contribution in [0.2, 0.25) is 0 Å². The van der Waals surface area contributed by atoms with E-state index in [9.17, 15) is 14.7 Å². The highest BCUT2D eigenvalue weighted by molar-refractivity contribution is 5.94. The van der Waals surface area contributed by atoms with Crippen molar-refractivity contribution in [3.05, 3.63) is 29.7 Å². The van der Waals surface area contributed by atoms with Crippen molar-refractivity contribution >= 4 is 18.0 Å². The Balaban J connectivity index is 2.16. The molecule has 1 aliphatic heterocycles. The van der Waals surface area contributed by atoms with Crippen molar-refractivity contribution in [3.63, 3.8) is 0 Å². The molecule has 0 aliphatic carbocycles. The van der Waals surface area contributed by atoms with Gasteiger partial charge in [0.25, 0.3) is 0 Å². The highest BCUT2D eigenvalue weighted by atomic mass is 16.4. The molecule has 114 valence electrons. The van der Waals surface area contributed by atoms with Gasteiger partial charge in [0.15, 0.2) is 0 Å². The highest BCUT2D eigenvalue weighted by Crippen LogP contribution is 2.35. The number of piperidine rings is 1. The van der Waals surface area contributed by atoms with Crippen LogP contribution in [0.3, 0.4) is 0 Å². The lowest BCUT2D eigenvalue weighted by Gasteiger charge is -2.43. The molecule has 1 atom stereocenters. The third-order valence-corrected chi connectivity index (χ3v) is 3.94. The highest BCUT2D eigenvalue weighted by Gasteiger charge is 2.43. The van der Waals surface area contributed by atoms with E-state index < -0.39 is 17.4 Å². The van der Waals surface area contributed by atoms with Gasteiger partial charge >= 0.3 is 5.97 Å². The third-order valence-electron chi connectivity index (χ3n) is 3.94. The number of amides is 1. The van der Waals surface area contributed by atoms with Gasteiger partial charge in [-0.15, -0.1) is 0 Å². The summed E-state index contributed by atoms with van der Waals surface area (Å²) in [7, 11) is 0. The first-order valence-corrected chi connectivity index (χ1v) is 7.09. The fourth-order valence-electron chi connectivity index (χ4n) is 2.89. The van der Waals surface area contributed by atoms with Crippen molar-refractivity contribution < 1.29 is 19.1 Å². The average molecular weight is 291 g/mol. The van der Waals surface area contributed by atoms with Crippen LogP contribution in [-0.2, 0) is 9.59 Å². The van der Waals surface area contributed by atoms with E-state index in [1.807, 2.05) is 26.8 Å². The predicted molar refractivity (Wildman–Crippen MR) is 78.6 cm³/mol. The van der Waals surface area contributed by atoms with Crippen LogP contribution in [0.15, 0.2) is 22.6 Å². The minimum atomic E-state index is -0.949. The number of hydrogen-bond donors (Lipinski definition) is 1. The zero-order chi connectivity index (χ0) is 15.6. The van der Waals surface area contributed by atoms with Crippen LogP contribution in [0, 0.1) is 12.3 Å². The molecular formula is C16H21NO4. The van der Waals surface area contributed by atoms with Crippen molar-refractivity contribution in [2.75, 3.05) is 6.54 Å². The molecule has 1 saturated heterocycles. The summed E-state index contributed by atoms with van der Waals surface area (Å²) >= 11 is 0. The predicted octanol–water partition coefficient (Wildman–Crippen LogP) is 2.70. The first-order valence-electron chi connectivity index (χ1n) is 7.09. The summed E-state index contributed by atoms with van der Waals surface area (Å²) in [6, 6.07) is 2.80. The third kappa shape index (κ3) is 3.35. The SMILES string of the molecule is Cc1ccc(/C=C/C(=O)N2CCCC(C)(C)C2C(=O)O)o1. The summed E-state index contributed by atoms with van der Waals surface area (Å²) in [5, 5.41) is 9.45. The molecule has 1 aromatic rings. The molecule has 5 heteroatoms. The Morgan fingerprint density at radius 3 is 2.71 bits per heavy atom. The molecule has 0 saturated carbocycles. The molecule has 1 aromatic heterocycles. The molecule has 21 heavy (non-hydrogen) atoms. The van der Waals surface area contributed by atoms with Gasteiger partial charge in [0.2, 0.25) is 5.91 Å². The lowest BCUT2D eigenvalue weighted by atomic mass is 9.76. The molecular weight excluding hydrogens is 270 g/mol. The van der Waals surface area contributed by atoms with E-state index >= 15 is 0 Å². The van der Waals surface area contributed by atoms with Crippen molar-refractivity contribution in [1.29, 1.82) is 0 Å².